The van der Waals surface area contributed by atoms with Crippen LogP contribution < -0.4 is 5.32 Å². The lowest BCUT2D eigenvalue weighted by molar-refractivity contribution is -0.272. The molecule has 1 aliphatic rings. The molecule has 1 aliphatic heterocycles. The summed E-state index contributed by atoms with van der Waals surface area (Å²) in [6.45, 7) is -0.940. The highest BCUT2D eigenvalue weighted by Gasteiger charge is 2.58. The molecule has 1 amide bonds. The van der Waals surface area contributed by atoms with Gasteiger partial charge in [-0.1, -0.05) is 0 Å². The van der Waals surface area contributed by atoms with Crippen LogP contribution >= 0.6 is 0 Å². The Morgan fingerprint density at radius 1 is 1.46 bits per heavy atom. The zero-order valence-corrected chi connectivity index (χ0v) is 12.6. The van der Waals surface area contributed by atoms with Gasteiger partial charge in [-0.25, -0.2) is 9.18 Å². The van der Waals surface area contributed by atoms with Crippen molar-refractivity contribution in [3.05, 3.63) is 0 Å². The van der Waals surface area contributed by atoms with Crippen LogP contribution in [0.1, 0.15) is 19.3 Å². The van der Waals surface area contributed by atoms with Crippen LogP contribution in [-0.4, -0.2) is 75.3 Å². The average Bonchev–Trinajstić information content (AvgIpc) is 2.54. The molecule has 136 valence electrons. The Hall–Kier alpha value is -1.80. The quantitative estimate of drug-likeness (QED) is 0.351. The van der Waals surface area contributed by atoms with Crippen molar-refractivity contribution < 1.29 is 43.5 Å². The third-order valence-corrected chi connectivity index (χ3v) is 3.62. The molecule has 8 nitrogen and oxygen atoms in total. The van der Waals surface area contributed by atoms with Gasteiger partial charge in [0.2, 0.25) is 5.91 Å². The second kappa shape index (κ2) is 8.34. The highest BCUT2D eigenvalue weighted by atomic mass is 19.2. The maximum Gasteiger partial charge on any atom is 0.372 e. The zero-order chi connectivity index (χ0) is 18.5. The Bertz CT molecular complexity index is 512. The van der Waals surface area contributed by atoms with Gasteiger partial charge in [-0.05, 0) is 0 Å². The van der Waals surface area contributed by atoms with Crippen molar-refractivity contribution in [1.29, 1.82) is 0 Å². The van der Waals surface area contributed by atoms with E-state index in [0.717, 1.165) is 0 Å². The second-order valence-corrected chi connectivity index (χ2v) is 5.35. The standard InChI is InChI=1S/C14H19F2NO7/c1-2-3-4-10(20)17-7-5-9(15)14(16,13(22)23)24-12(7)11(21)8(19)6-18/h1,7-9,11-12,18-19,21H,3-6H2,(H,17,20)(H,22,23)/t7?,8-,9?,11-,12?,14?/m1/s1. The fourth-order valence-corrected chi connectivity index (χ4v) is 2.29. The molecule has 1 heterocycles. The van der Waals surface area contributed by atoms with E-state index in [1.165, 1.54) is 0 Å². The highest BCUT2D eigenvalue weighted by molar-refractivity contribution is 5.78. The summed E-state index contributed by atoms with van der Waals surface area (Å²) in [5, 5.41) is 39.3. The maximum absolute atomic E-state index is 14.2. The Morgan fingerprint density at radius 3 is 2.58 bits per heavy atom. The van der Waals surface area contributed by atoms with Crippen molar-refractivity contribution in [3.63, 3.8) is 0 Å². The summed E-state index contributed by atoms with van der Waals surface area (Å²) in [5.74, 6) is -4.44. The van der Waals surface area contributed by atoms with Crippen molar-refractivity contribution >= 4 is 11.9 Å². The van der Waals surface area contributed by atoms with Crippen LogP contribution in [0.2, 0.25) is 0 Å². The fourth-order valence-electron chi connectivity index (χ4n) is 2.29. The Morgan fingerprint density at radius 2 is 2.08 bits per heavy atom. The third-order valence-electron chi connectivity index (χ3n) is 3.62. The number of aliphatic carboxylic acids is 1. The molecular weight excluding hydrogens is 332 g/mol. The summed E-state index contributed by atoms with van der Waals surface area (Å²) in [5.41, 5.74) is 0. The molecule has 24 heavy (non-hydrogen) atoms. The molecule has 0 aliphatic carbocycles. The molecule has 0 spiro atoms. The van der Waals surface area contributed by atoms with E-state index in [-0.39, 0.29) is 12.8 Å². The van der Waals surface area contributed by atoms with Crippen LogP contribution in [0.3, 0.4) is 0 Å². The summed E-state index contributed by atoms with van der Waals surface area (Å²) in [4.78, 5) is 22.6. The molecule has 0 bridgehead atoms. The average molecular weight is 351 g/mol. The number of nitrogens with one attached hydrogen (secondary N) is 1. The van der Waals surface area contributed by atoms with Gasteiger partial charge in [-0.2, -0.15) is 4.39 Å². The minimum atomic E-state index is -3.75. The third kappa shape index (κ3) is 4.39. The molecule has 1 fully saturated rings. The van der Waals surface area contributed by atoms with Crippen LogP contribution in [-0.2, 0) is 14.3 Å². The Kier molecular flexibility index (Phi) is 7.04. The maximum atomic E-state index is 14.2. The minimum absolute atomic E-state index is 0.0765. The number of hydrogen-bond donors (Lipinski definition) is 5. The van der Waals surface area contributed by atoms with Gasteiger partial charge < -0.3 is 30.5 Å². The topological polar surface area (TPSA) is 136 Å². The van der Waals surface area contributed by atoms with Gasteiger partial charge in [0, 0.05) is 19.3 Å². The van der Waals surface area contributed by atoms with E-state index in [1.54, 1.807) is 0 Å². The first-order valence-corrected chi connectivity index (χ1v) is 7.11. The number of rotatable bonds is 7. The van der Waals surface area contributed by atoms with Crippen LogP contribution in [0.4, 0.5) is 8.78 Å². The summed E-state index contributed by atoms with van der Waals surface area (Å²) in [7, 11) is 0. The minimum Gasteiger partial charge on any atom is -0.477 e. The fraction of sp³-hybridized carbons (Fsp3) is 0.714. The number of alkyl halides is 2. The van der Waals surface area contributed by atoms with Gasteiger partial charge in [0.1, 0.15) is 18.3 Å². The number of terminal acetylenes is 1. The second-order valence-electron chi connectivity index (χ2n) is 5.35. The molecule has 4 unspecified atom stereocenters. The summed E-state index contributed by atoms with van der Waals surface area (Å²) in [6.07, 6.45) is -4.06. The monoisotopic (exact) mass is 351 g/mol. The molecule has 5 N–H and O–H groups in total. The SMILES string of the molecule is C#CCCC(=O)NC1CC(F)C(F)(C(=O)O)OC1[C@H](O)[C@H](O)CO. The Labute approximate surface area is 136 Å². The number of carboxylic acid groups (broad SMARTS) is 1. The largest absolute Gasteiger partial charge is 0.477 e. The van der Waals surface area contributed by atoms with E-state index in [1.807, 2.05) is 0 Å². The first-order chi connectivity index (χ1) is 11.2. The van der Waals surface area contributed by atoms with E-state index >= 15 is 0 Å². The summed E-state index contributed by atoms with van der Waals surface area (Å²) in [6, 6.07) is -1.33. The molecular formula is C14H19F2NO7. The predicted molar refractivity (Wildman–Crippen MR) is 75.0 cm³/mol. The first kappa shape index (κ1) is 20.2. The smallest absolute Gasteiger partial charge is 0.372 e. The van der Waals surface area contributed by atoms with Crippen LogP contribution in [0.15, 0.2) is 0 Å². The van der Waals surface area contributed by atoms with Crippen LogP contribution in [0.25, 0.3) is 0 Å². The number of carboxylic acids is 1. The lowest BCUT2D eigenvalue weighted by Gasteiger charge is -2.42. The van der Waals surface area contributed by atoms with Gasteiger partial charge >= 0.3 is 11.8 Å². The van der Waals surface area contributed by atoms with Crippen molar-refractivity contribution in [3.8, 4) is 12.3 Å². The molecule has 0 saturated carbocycles. The first-order valence-electron chi connectivity index (χ1n) is 7.11. The molecule has 1 saturated heterocycles. The molecule has 0 aromatic carbocycles. The lowest BCUT2D eigenvalue weighted by Crippen LogP contribution is -2.65. The van der Waals surface area contributed by atoms with E-state index in [0.29, 0.717) is 0 Å². The molecule has 6 atom stereocenters. The van der Waals surface area contributed by atoms with Gasteiger partial charge in [-0.3, -0.25) is 4.79 Å². The molecule has 0 aromatic rings. The number of hydrogen-bond acceptors (Lipinski definition) is 6. The number of carbonyl (C=O) groups is 2. The van der Waals surface area contributed by atoms with Gasteiger partial charge in [0.25, 0.3) is 0 Å². The zero-order valence-electron chi connectivity index (χ0n) is 12.6. The van der Waals surface area contributed by atoms with E-state index < -0.39 is 61.3 Å². The summed E-state index contributed by atoms with van der Waals surface area (Å²) >= 11 is 0. The number of carbonyl (C=O) groups excluding carboxylic acids is 1. The van der Waals surface area contributed by atoms with Crippen molar-refractivity contribution in [2.24, 2.45) is 0 Å². The van der Waals surface area contributed by atoms with E-state index in [9.17, 15) is 28.6 Å². The Balaban J connectivity index is 3.00. The molecule has 1 rings (SSSR count). The highest BCUT2D eigenvalue weighted by Crippen LogP contribution is 2.35. The normalized spacial score (nSPS) is 32.4. The number of halogens is 2. The van der Waals surface area contributed by atoms with E-state index in [4.69, 9.17) is 16.6 Å². The number of aliphatic hydroxyl groups is 3. The van der Waals surface area contributed by atoms with Gasteiger partial charge in [0.05, 0.1) is 12.6 Å². The van der Waals surface area contributed by atoms with Crippen molar-refractivity contribution in [1.82, 2.24) is 5.32 Å². The van der Waals surface area contributed by atoms with E-state index in [2.05, 4.69) is 16.0 Å². The molecule has 0 aromatic heterocycles. The van der Waals surface area contributed by atoms with Crippen LogP contribution in [0, 0.1) is 12.3 Å². The number of aliphatic hydroxyl groups excluding tert-OH is 3. The van der Waals surface area contributed by atoms with Crippen molar-refractivity contribution in [2.45, 2.75) is 55.6 Å². The van der Waals surface area contributed by atoms with Gasteiger partial charge in [0.15, 0.2) is 6.17 Å². The number of amides is 1. The summed E-state index contributed by atoms with van der Waals surface area (Å²) < 4.78 is 32.6. The molecule has 10 heteroatoms. The number of ether oxygens (including phenoxy) is 1. The molecule has 0 radical (unpaired) electrons. The van der Waals surface area contributed by atoms with Gasteiger partial charge in [-0.15, -0.1) is 12.3 Å². The van der Waals surface area contributed by atoms with Crippen LogP contribution in [0.5, 0.6) is 0 Å². The lowest BCUT2D eigenvalue weighted by atomic mass is 9.90. The predicted octanol–water partition coefficient (Wildman–Crippen LogP) is -1.52. The van der Waals surface area contributed by atoms with Crippen molar-refractivity contribution in [2.75, 3.05) is 6.61 Å².